The maximum atomic E-state index is 5.46. The van der Waals surface area contributed by atoms with E-state index in [2.05, 4.69) is 58.6 Å². The van der Waals surface area contributed by atoms with Gasteiger partial charge in [-0.15, -0.1) is 0 Å². The third-order valence-electron chi connectivity index (χ3n) is 2.91. The Balaban J connectivity index is 3.13. The Labute approximate surface area is 129 Å². The van der Waals surface area contributed by atoms with Gasteiger partial charge in [0.1, 0.15) is 11.9 Å². The van der Waals surface area contributed by atoms with E-state index in [4.69, 9.17) is 4.74 Å². The number of hydrogen-bond donors (Lipinski definition) is 1. The van der Waals surface area contributed by atoms with Gasteiger partial charge in [-0.25, -0.2) is 9.97 Å². The van der Waals surface area contributed by atoms with Gasteiger partial charge in [-0.1, -0.05) is 27.2 Å². The van der Waals surface area contributed by atoms with Crippen molar-refractivity contribution in [3.05, 3.63) is 15.1 Å². The topological polar surface area (TPSA) is 47.0 Å². The van der Waals surface area contributed by atoms with Crippen LogP contribution in [0.4, 0.5) is 5.82 Å². The highest BCUT2D eigenvalue weighted by Gasteiger charge is 2.17. The Kier molecular flexibility index (Phi) is 7.60. The fourth-order valence-electron chi connectivity index (χ4n) is 1.87. The summed E-state index contributed by atoms with van der Waals surface area (Å²) in [6.45, 7) is 7.35. The Hall–Kier alpha value is -0.430. The number of nitrogens with zero attached hydrogens (tertiary/aromatic N) is 2. The zero-order chi connectivity index (χ0) is 14.3. The summed E-state index contributed by atoms with van der Waals surface area (Å²) in [5.74, 6) is 1.75. The van der Waals surface area contributed by atoms with Crippen molar-refractivity contribution in [2.24, 2.45) is 0 Å². The van der Waals surface area contributed by atoms with Crippen LogP contribution in [0.3, 0.4) is 0 Å². The molecule has 108 valence electrons. The van der Waals surface area contributed by atoms with Crippen LogP contribution in [0.5, 0.6) is 0 Å². The minimum atomic E-state index is -0.0187. The van der Waals surface area contributed by atoms with E-state index in [1.807, 2.05) is 0 Å². The van der Waals surface area contributed by atoms with E-state index in [1.54, 1.807) is 7.11 Å². The Morgan fingerprint density at radius 2 is 1.95 bits per heavy atom. The van der Waals surface area contributed by atoms with Gasteiger partial charge in [-0.05, 0) is 41.9 Å². The lowest BCUT2D eigenvalue weighted by atomic mass is 10.2. The molecule has 0 fully saturated rings. The molecular weight excluding hydrogens is 353 g/mol. The predicted molar refractivity (Wildman–Crippen MR) is 87.6 cm³/mol. The second-order valence-corrected chi connectivity index (χ2v) is 5.58. The van der Waals surface area contributed by atoms with Crippen molar-refractivity contribution in [3.8, 4) is 0 Å². The molecule has 0 bridgehead atoms. The van der Waals surface area contributed by atoms with Gasteiger partial charge >= 0.3 is 0 Å². The summed E-state index contributed by atoms with van der Waals surface area (Å²) >= 11 is 2.34. The van der Waals surface area contributed by atoms with Crippen molar-refractivity contribution in [2.45, 2.75) is 52.6 Å². The van der Waals surface area contributed by atoms with Crippen LogP contribution in [0.2, 0.25) is 0 Å². The maximum absolute atomic E-state index is 5.46. The molecule has 1 N–H and O–H groups in total. The molecule has 0 aliphatic rings. The first kappa shape index (κ1) is 16.6. The van der Waals surface area contributed by atoms with Crippen LogP contribution in [-0.2, 0) is 11.2 Å². The van der Waals surface area contributed by atoms with Gasteiger partial charge in [-0.3, -0.25) is 0 Å². The maximum Gasteiger partial charge on any atom is 0.159 e. The molecule has 4 nitrogen and oxygen atoms in total. The number of aryl methyl sites for hydroxylation is 1. The summed E-state index contributed by atoms with van der Waals surface area (Å²) in [6, 6.07) is 0. The molecule has 0 radical (unpaired) electrons. The first-order valence-corrected chi connectivity index (χ1v) is 8.08. The number of halogens is 1. The molecule has 19 heavy (non-hydrogen) atoms. The number of ether oxygens (including phenoxy) is 1. The lowest BCUT2D eigenvalue weighted by Gasteiger charge is -2.16. The van der Waals surface area contributed by atoms with Gasteiger partial charge in [0.15, 0.2) is 5.82 Å². The van der Waals surface area contributed by atoms with Gasteiger partial charge in [0.05, 0.1) is 9.26 Å². The van der Waals surface area contributed by atoms with Crippen molar-refractivity contribution in [1.29, 1.82) is 0 Å². The molecule has 0 amide bonds. The summed E-state index contributed by atoms with van der Waals surface area (Å²) in [4.78, 5) is 9.33. The van der Waals surface area contributed by atoms with E-state index < -0.39 is 0 Å². The van der Waals surface area contributed by atoms with E-state index in [1.165, 1.54) is 0 Å². The van der Waals surface area contributed by atoms with Crippen LogP contribution in [0.15, 0.2) is 0 Å². The molecule has 0 aromatic carbocycles. The molecule has 1 atom stereocenters. The number of aromatic nitrogens is 2. The van der Waals surface area contributed by atoms with Crippen molar-refractivity contribution < 1.29 is 4.74 Å². The number of anilines is 1. The Morgan fingerprint density at radius 3 is 2.47 bits per heavy atom. The molecule has 5 heteroatoms. The van der Waals surface area contributed by atoms with Crippen molar-refractivity contribution in [2.75, 3.05) is 19.0 Å². The molecule has 1 heterocycles. The monoisotopic (exact) mass is 377 g/mol. The van der Waals surface area contributed by atoms with Crippen LogP contribution >= 0.6 is 22.6 Å². The second-order valence-electron chi connectivity index (χ2n) is 4.50. The minimum absolute atomic E-state index is 0.0187. The summed E-state index contributed by atoms with van der Waals surface area (Å²) < 4.78 is 6.60. The molecule has 0 aliphatic heterocycles. The second kappa shape index (κ2) is 8.68. The summed E-state index contributed by atoms with van der Waals surface area (Å²) in [5, 5.41) is 3.39. The molecule has 0 saturated heterocycles. The summed E-state index contributed by atoms with van der Waals surface area (Å²) in [5.41, 5.74) is 1.13. The van der Waals surface area contributed by atoms with Crippen molar-refractivity contribution in [3.63, 3.8) is 0 Å². The van der Waals surface area contributed by atoms with Crippen LogP contribution in [0, 0.1) is 3.57 Å². The molecule has 0 spiro atoms. The number of nitrogens with one attached hydrogen (secondary N) is 1. The van der Waals surface area contributed by atoms with Crippen molar-refractivity contribution in [1.82, 2.24) is 9.97 Å². The lowest BCUT2D eigenvalue weighted by Crippen LogP contribution is -2.14. The highest BCUT2D eigenvalue weighted by molar-refractivity contribution is 14.1. The Bertz CT molecular complexity index is 395. The quantitative estimate of drug-likeness (QED) is 0.697. The van der Waals surface area contributed by atoms with Gasteiger partial charge in [-0.2, -0.15) is 0 Å². The minimum Gasteiger partial charge on any atom is -0.373 e. The number of hydrogen-bond acceptors (Lipinski definition) is 4. The summed E-state index contributed by atoms with van der Waals surface area (Å²) in [7, 11) is 1.72. The molecule has 1 rings (SSSR count). The van der Waals surface area contributed by atoms with Gasteiger partial charge < -0.3 is 10.1 Å². The van der Waals surface area contributed by atoms with E-state index in [9.17, 15) is 0 Å². The fraction of sp³-hybridized carbons (Fsp3) is 0.714. The molecule has 1 aromatic heterocycles. The van der Waals surface area contributed by atoms with E-state index in [0.29, 0.717) is 0 Å². The molecular formula is C14H24IN3O. The number of methoxy groups -OCH3 is 1. The highest BCUT2D eigenvalue weighted by Crippen LogP contribution is 2.25. The average molecular weight is 377 g/mol. The molecule has 0 aliphatic carbocycles. The Morgan fingerprint density at radius 1 is 1.21 bits per heavy atom. The smallest absolute Gasteiger partial charge is 0.159 e. The van der Waals surface area contributed by atoms with Gasteiger partial charge in [0.25, 0.3) is 0 Å². The first-order valence-electron chi connectivity index (χ1n) is 7.00. The largest absolute Gasteiger partial charge is 0.373 e. The lowest BCUT2D eigenvalue weighted by molar-refractivity contribution is 0.0924. The molecule has 1 aromatic rings. The van der Waals surface area contributed by atoms with Crippen LogP contribution < -0.4 is 5.32 Å². The SMILES string of the molecule is CCCNc1nc(C(CC)OC)nc(CCC)c1I. The van der Waals surface area contributed by atoms with Crippen LogP contribution in [-0.4, -0.2) is 23.6 Å². The molecule has 0 saturated carbocycles. The van der Waals surface area contributed by atoms with Gasteiger partial charge in [0, 0.05) is 13.7 Å². The highest BCUT2D eigenvalue weighted by atomic mass is 127. The normalized spacial score (nSPS) is 12.5. The summed E-state index contributed by atoms with van der Waals surface area (Å²) in [6.07, 6.45) is 4.02. The number of rotatable bonds is 8. The van der Waals surface area contributed by atoms with Crippen molar-refractivity contribution >= 4 is 28.4 Å². The standard InChI is InChI=1S/C14H24IN3O/c1-5-8-10-12(15)14(16-9-6-2)18-13(17-10)11(7-3)19-4/h11H,5-9H2,1-4H3,(H,16,17,18). The first-order chi connectivity index (χ1) is 9.17. The predicted octanol–water partition coefficient (Wildman–Crippen LogP) is 3.95. The van der Waals surface area contributed by atoms with Crippen LogP contribution in [0.1, 0.15) is 57.7 Å². The van der Waals surface area contributed by atoms with E-state index in [0.717, 1.165) is 53.1 Å². The zero-order valence-corrected chi connectivity index (χ0v) is 14.5. The van der Waals surface area contributed by atoms with Gasteiger partial charge in [0.2, 0.25) is 0 Å². The fourth-order valence-corrected chi connectivity index (χ4v) is 2.58. The zero-order valence-electron chi connectivity index (χ0n) is 12.3. The van der Waals surface area contributed by atoms with E-state index in [-0.39, 0.29) is 6.10 Å². The van der Waals surface area contributed by atoms with Crippen LogP contribution in [0.25, 0.3) is 0 Å². The molecule has 1 unspecified atom stereocenters. The van der Waals surface area contributed by atoms with E-state index >= 15 is 0 Å². The third-order valence-corrected chi connectivity index (χ3v) is 4.04. The average Bonchev–Trinajstić information content (AvgIpc) is 2.42. The third kappa shape index (κ3) is 4.56.